The molecule has 2 unspecified atom stereocenters. The summed E-state index contributed by atoms with van der Waals surface area (Å²) >= 11 is 0. The van der Waals surface area contributed by atoms with Gasteiger partial charge in [0.2, 0.25) is 0 Å². The molecule has 1 aliphatic rings. The zero-order valence-corrected chi connectivity index (χ0v) is 9.53. The maximum Gasteiger partial charge on any atom is 0.146 e. The molecule has 1 saturated heterocycles. The Bertz CT molecular complexity index is 336. The second-order valence-electron chi connectivity index (χ2n) is 4.07. The van der Waals surface area contributed by atoms with Gasteiger partial charge in [0.15, 0.2) is 0 Å². The lowest BCUT2D eigenvalue weighted by Gasteiger charge is -2.15. The van der Waals surface area contributed by atoms with Crippen molar-refractivity contribution in [2.45, 2.75) is 39.0 Å². The first kappa shape index (κ1) is 10.6. The summed E-state index contributed by atoms with van der Waals surface area (Å²) in [4.78, 5) is 0. The average molecular weight is 210 g/mol. The fraction of sp³-hybridized carbons (Fsp3) is 0.800. The van der Waals surface area contributed by atoms with Crippen LogP contribution in [0.3, 0.4) is 0 Å². The molecule has 2 atom stereocenters. The number of nitrogens with one attached hydrogen (secondary N) is 1. The van der Waals surface area contributed by atoms with Crippen LogP contribution in [0.1, 0.15) is 25.0 Å². The Hall–Kier alpha value is -0.940. The Labute approximate surface area is 89.8 Å². The van der Waals surface area contributed by atoms with E-state index in [-0.39, 0.29) is 0 Å². The summed E-state index contributed by atoms with van der Waals surface area (Å²) in [7, 11) is 1.99. The maximum atomic E-state index is 5.48. The standard InChI is InChI=1S/C10H18N4O/c1-7-9(4-5-15-7)11-6-10-13-12-8(2)14(10)3/h7,9,11H,4-6H2,1-3H3. The van der Waals surface area contributed by atoms with Crippen LogP contribution in [0, 0.1) is 6.92 Å². The van der Waals surface area contributed by atoms with Crippen LogP contribution in [0.25, 0.3) is 0 Å². The van der Waals surface area contributed by atoms with Crippen LogP contribution in [0.15, 0.2) is 0 Å². The number of aryl methyl sites for hydroxylation is 1. The molecule has 1 N–H and O–H groups in total. The summed E-state index contributed by atoms with van der Waals surface area (Å²) in [5.74, 6) is 1.93. The zero-order chi connectivity index (χ0) is 10.8. The Kier molecular flexibility index (Phi) is 3.02. The monoisotopic (exact) mass is 210 g/mol. The number of hydrogen-bond acceptors (Lipinski definition) is 4. The third-order valence-electron chi connectivity index (χ3n) is 3.08. The topological polar surface area (TPSA) is 52.0 Å². The number of ether oxygens (including phenoxy) is 1. The lowest BCUT2D eigenvalue weighted by molar-refractivity contribution is 0.113. The second-order valence-corrected chi connectivity index (χ2v) is 4.07. The van der Waals surface area contributed by atoms with Gasteiger partial charge in [-0.3, -0.25) is 0 Å². The van der Waals surface area contributed by atoms with Crippen LogP contribution in [0.5, 0.6) is 0 Å². The highest BCUT2D eigenvalue weighted by atomic mass is 16.5. The Morgan fingerprint density at radius 3 is 2.87 bits per heavy atom. The van der Waals surface area contributed by atoms with Crippen LogP contribution in [0.4, 0.5) is 0 Å². The fourth-order valence-corrected chi connectivity index (χ4v) is 1.83. The SMILES string of the molecule is Cc1nnc(CNC2CCOC2C)n1C. The number of rotatable bonds is 3. The lowest BCUT2D eigenvalue weighted by Crippen LogP contribution is -2.34. The van der Waals surface area contributed by atoms with Crippen molar-refractivity contribution in [2.75, 3.05) is 6.61 Å². The van der Waals surface area contributed by atoms with Crippen LogP contribution in [0.2, 0.25) is 0 Å². The first-order valence-corrected chi connectivity index (χ1v) is 5.38. The highest BCUT2D eigenvalue weighted by Gasteiger charge is 2.23. The Balaban J connectivity index is 1.90. The van der Waals surface area contributed by atoms with Gasteiger partial charge < -0.3 is 14.6 Å². The van der Waals surface area contributed by atoms with Crippen molar-refractivity contribution in [1.82, 2.24) is 20.1 Å². The van der Waals surface area contributed by atoms with E-state index in [1.165, 1.54) is 0 Å². The Morgan fingerprint density at radius 2 is 2.33 bits per heavy atom. The van der Waals surface area contributed by atoms with Crippen LogP contribution in [-0.2, 0) is 18.3 Å². The van der Waals surface area contributed by atoms with E-state index in [4.69, 9.17) is 4.74 Å². The van der Waals surface area contributed by atoms with E-state index in [9.17, 15) is 0 Å². The van der Waals surface area contributed by atoms with Crippen molar-refractivity contribution >= 4 is 0 Å². The molecule has 0 aromatic carbocycles. The van der Waals surface area contributed by atoms with Gasteiger partial charge in [0.1, 0.15) is 11.6 Å². The molecule has 0 radical (unpaired) electrons. The molecule has 0 amide bonds. The summed E-state index contributed by atoms with van der Waals surface area (Å²) < 4.78 is 7.49. The first-order chi connectivity index (χ1) is 7.18. The number of aromatic nitrogens is 3. The van der Waals surface area contributed by atoms with Gasteiger partial charge in [-0.15, -0.1) is 10.2 Å². The van der Waals surface area contributed by atoms with Gasteiger partial charge >= 0.3 is 0 Å². The fourth-order valence-electron chi connectivity index (χ4n) is 1.83. The minimum absolute atomic E-state index is 0.305. The van der Waals surface area contributed by atoms with Gasteiger partial charge in [0.05, 0.1) is 12.6 Å². The largest absolute Gasteiger partial charge is 0.377 e. The van der Waals surface area contributed by atoms with E-state index in [1.54, 1.807) is 0 Å². The van der Waals surface area contributed by atoms with Crippen molar-refractivity contribution in [3.63, 3.8) is 0 Å². The molecule has 5 nitrogen and oxygen atoms in total. The molecule has 1 aromatic rings. The summed E-state index contributed by atoms with van der Waals surface area (Å²) in [5.41, 5.74) is 0. The van der Waals surface area contributed by atoms with Gasteiger partial charge in [0, 0.05) is 19.7 Å². The summed E-state index contributed by atoms with van der Waals surface area (Å²) in [5, 5.41) is 11.6. The van der Waals surface area contributed by atoms with Crippen LogP contribution in [-0.4, -0.2) is 33.5 Å². The Morgan fingerprint density at radius 1 is 1.53 bits per heavy atom. The smallest absolute Gasteiger partial charge is 0.146 e. The van der Waals surface area contributed by atoms with Gasteiger partial charge in [-0.25, -0.2) is 0 Å². The van der Waals surface area contributed by atoms with E-state index in [0.29, 0.717) is 12.1 Å². The predicted molar refractivity (Wildman–Crippen MR) is 56.4 cm³/mol. The molecule has 1 fully saturated rings. The quantitative estimate of drug-likeness (QED) is 0.784. The van der Waals surface area contributed by atoms with E-state index >= 15 is 0 Å². The van der Waals surface area contributed by atoms with Crippen molar-refractivity contribution in [3.05, 3.63) is 11.6 Å². The van der Waals surface area contributed by atoms with E-state index in [1.807, 2.05) is 18.5 Å². The van der Waals surface area contributed by atoms with Crippen molar-refractivity contribution < 1.29 is 4.74 Å². The first-order valence-electron chi connectivity index (χ1n) is 5.38. The lowest BCUT2D eigenvalue weighted by atomic mass is 10.1. The molecular weight excluding hydrogens is 192 g/mol. The van der Waals surface area contributed by atoms with Crippen LogP contribution >= 0.6 is 0 Å². The molecule has 15 heavy (non-hydrogen) atoms. The van der Waals surface area contributed by atoms with E-state index in [2.05, 4.69) is 22.4 Å². The average Bonchev–Trinajstić information content (AvgIpc) is 2.74. The van der Waals surface area contributed by atoms with Crippen molar-refractivity contribution in [1.29, 1.82) is 0 Å². The molecule has 1 aromatic heterocycles. The van der Waals surface area contributed by atoms with E-state index < -0.39 is 0 Å². The van der Waals surface area contributed by atoms with Crippen LogP contribution < -0.4 is 5.32 Å². The molecule has 1 aliphatic heterocycles. The van der Waals surface area contributed by atoms with Gasteiger partial charge in [-0.2, -0.15) is 0 Å². The molecule has 5 heteroatoms. The second kappa shape index (κ2) is 4.28. The molecular formula is C10H18N4O. The minimum atomic E-state index is 0.305. The van der Waals surface area contributed by atoms with Gasteiger partial charge in [0.25, 0.3) is 0 Å². The number of nitrogens with zero attached hydrogens (tertiary/aromatic N) is 3. The molecule has 84 valence electrons. The highest BCUT2D eigenvalue weighted by molar-refractivity contribution is 4.93. The summed E-state index contributed by atoms with van der Waals surface area (Å²) in [6.45, 7) is 5.68. The molecule has 0 spiro atoms. The summed E-state index contributed by atoms with van der Waals surface area (Å²) in [6.07, 6.45) is 1.39. The van der Waals surface area contributed by atoms with E-state index in [0.717, 1.165) is 31.2 Å². The summed E-state index contributed by atoms with van der Waals surface area (Å²) in [6, 6.07) is 0.446. The van der Waals surface area contributed by atoms with Crippen molar-refractivity contribution in [3.8, 4) is 0 Å². The third kappa shape index (κ3) is 2.18. The third-order valence-corrected chi connectivity index (χ3v) is 3.08. The number of hydrogen-bond donors (Lipinski definition) is 1. The molecule has 0 saturated carbocycles. The molecule has 0 aliphatic carbocycles. The van der Waals surface area contributed by atoms with Crippen molar-refractivity contribution in [2.24, 2.45) is 7.05 Å². The molecule has 2 heterocycles. The maximum absolute atomic E-state index is 5.48. The highest BCUT2D eigenvalue weighted by Crippen LogP contribution is 2.12. The predicted octanol–water partition coefficient (Wildman–Crippen LogP) is 0.391. The molecule has 2 rings (SSSR count). The minimum Gasteiger partial charge on any atom is -0.377 e. The zero-order valence-electron chi connectivity index (χ0n) is 9.53. The van der Waals surface area contributed by atoms with Gasteiger partial charge in [-0.1, -0.05) is 0 Å². The molecule has 0 bridgehead atoms. The normalized spacial score (nSPS) is 26.1. The van der Waals surface area contributed by atoms with Gasteiger partial charge in [-0.05, 0) is 20.3 Å².